The summed E-state index contributed by atoms with van der Waals surface area (Å²) in [4.78, 5) is 15.8. The second-order valence-corrected chi connectivity index (χ2v) is 4.34. The first-order valence-electron chi connectivity index (χ1n) is 5.59. The molecule has 0 aromatic carbocycles. The maximum Gasteiger partial charge on any atom is 0.253 e. The summed E-state index contributed by atoms with van der Waals surface area (Å²) in [5.41, 5.74) is 0.134. The third kappa shape index (κ3) is 2.22. The molecular formula is C12H16N2O2. The molecule has 0 saturated heterocycles. The molecule has 0 atom stereocenters. The van der Waals surface area contributed by atoms with Crippen LogP contribution in [-0.2, 0) is 0 Å². The highest BCUT2D eigenvalue weighted by molar-refractivity contribution is 5.94. The molecule has 1 aliphatic carbocycles. The fourth-order valence-electron chi connectivity index (χ4n) is 2.18. The van der Waals surface area contributed by atoms with Crippen molar-refractivity contribution in [3.63, 3.8) is 0 Å². The fourth-order valence-corrected chi connectivity index (χ4v) is 2.18. The third-order valence-corrected chi connectivity index (χ3v) is 3.17. The average molecular weight is 220 g/mol. The van der Waals surface area contributed by atoms with Crippen molar-refractivity contribution >= 4 is 5.91 Å². The monoisotopic (exact) mass is 220 g/mol. The van der Waals surface area contributed by atoms with E-state index in [4.69, 9.17) is 0 Å². The fraction of sp³-hybridized carbons (Fsp3) is 0.500. The minimum Gasteiger partial charge on any atom is -0.394 e. The summed E-state index contributed by atoms with van der Waals surface area (Å²) in [6.45, 7) is 0.0129. The van der Waals surface area contributed by atoms with Crippen LogP contribution in [0.4, 0.5) is 0 Å². The number of carbonyl (C=O) groups excluding carboxylic acids is 1. The van der Waals surface area contributed by atoms with Crippen molar-refractivity contribution < 1.29 is 9.90 Å². The first-order valence-corrected chi connectivity index (χ1v) is 5.59. The van der Waals surface area contributed by atoms with Gasteiger partial charge in [-0.25, -0.2) is 0 Å². The van der Waals surface area contributed by atoms with Gasteiger partial charge >= 0.3 is 0 Å². The maximum absolute atomic E-state index is 11.9. The van der Waals surface area contributed by atoms with E-state index in [9.17, 15) is 9.90 Å². The van der Waals surface area contributed by atoms with Crippen LogP contribution in [0.2, 0.25) is 0 Å². The Hall–Kier alpha value is -1.42. The summed E-state index contributed by atoms with van der Waals surface area (Å²) in [7, 11) is 0. The number of aliphatic hydroxyl groups excluding tert-OH is 1. The number of nitrogens with zero attached hydrogens (tertiary/aromatic N) is 1. The van der Waals surface area contributed by atoms with Crippen molar-refractivity contribution in [1.82, 2.24) is 10.3 Å². The van der Waals surface area contributed by atoms with Crippen LogP contribution in [0.15, 0.2) is 24.5 Å². The van der Waals surface area contributed by atoms with Crippen LogP contribution in [0.25, 0.3) is 0 Å². The highest BCUT2D eigenvalue weighted by atomic mass is 16.3. The van der Waals surface area contributed by atoms with Crippen molar-refractivity contribution in [2.75, 3.05) is 6.61 Å². The standard InChI is InChI=1S/C12H16N2O2/c15-9-12(5-1-2-6-12)14-11(16)10-4-3-7-13-8-10/h3-4,7-8,15H,1-2,5-6,9H2,(H,14,16). The zero-order valence-corrected chi connectivity index (χ0v) is 9.15. The number of rotatable bonds is 3. The molecule has 1 aromatic heterocycles. The Morgan fingerprint density at radius 3 is 2.81 bits per heavy atom. The molecule has 0 bridgehead atoms. The molecule has 1 aliphatic rings. The van der Waals surface area contributed by atoms with Gasteiger partial charge in [-0.2, -0.15) is 0 Å². The Labute approximate surface area is 94.7 Å². The number of nitrogens with one attached hydrogen (secondary N) is 1. The molecule has 1 aromatic rings. The molecule has 1 saturated carbocycles. The number of hydrogen-bond acceptors (Lipinski definition) is 3. The quantitative estimate of drug-likeness (QED) is 0.802. The molecule has 4 nitrogen and oxygen atoms in total. The average Bonchev–Trinajstić information content (AvgIpc) is 2.79. The van der Waals surface area contributed by atoms with Crippen LogP contribution < -0.4 is 5.32 Å². The minimum atomic E-state index is -0.410. The Bertz CT molecular complexity index is 359. The predicted octanol–water partition coefficient (Wildman–Crippen LogP) is 1.12. The Balaban J connectivity index is 2.07. The number of carbonyl (C=O) groups is 1. The van der Waals surface area contributed by atoms with Gasteiger partial charge in [-0.3, -0.25) is 9.78 Å². The second kappa shape index (κ2) is 4.61. The van der Waals surface area contributed by atoms with E-state index in [0.717, 1.165) is 25.7 Å². The lowest BCUT2D eigenvalue weighted by molar-refractivity contribution is 0.0838. The van der Waals surface area contributed by atoms with E-state index in [1.807, 2.05) is 0 Å². The first-order chi connectivity index (χ1) is 7.76. The summed E-state index contributed by atoms with van der Waals surface area (Å²) in [6.07, 6.45) is 7.01. The molecule has 0 unspecified atom stereocenters. The summed E-state index contributed by atoms with van der Waals surface area (Å²) in [5, 5.41) is 12.3. The van der Waals surface area contributed by atoms with Crippen LogP contribution >= 0.6 is 0 Å². The van der Waals surface area contributed by atoms with E-state index in [1.54, 1.807) is 18.3 Å². The molecule has 16 heavy (non-hydrogen) atoms. The van der Waals surface area contributed by atoms with Crippen molar-refractivity contribution in [2.24, 2.45) is 0 Å². The molecule has 86 valence electrons. The van der Waals surface area contributed by atoms with Crippen LogP contribution in [0.1, 0.15) is 36.0 Å². The first kappa shape index (κ1) is 11.1. The van der Waals surface area contributed by atoms with Crippen LogP contribution in [0.5, 0.6) is 0 Å². The van der Waals surface area contributed by atoms with Gasteiger partial charge in [-0.1, -0.05) is 12.8 Å². The zero-order chi connectivity index (χ0) is 11.4. The number of pyridine rings is 1. The normalized spacial score (nSPS) is 18.3. The minimum absolute atomic E-state index is 0.0129. The second-order valence-electron chi connectivity index (χ2n) is 4.34. The van der Waals surface area contributed by atoms with Crippen molar-refractivity contribution in [1.29, 1.82) is 0 Å². The van der Waals surface area contributed by atoms with Crippen LogP contribution in [-0.4, -0.2) is 28.1 Å². The number of aliphatic hydroxyl groups is 1. The zero-order valence-electron chi connectivity index (χ0n) is 9.15. The summed E-state index contributed by atoms with van der Waals surface area (Å²) in [6, 6.07) is 3.46. The van der Waals surface area contributed by atoms with Gasteiger partial charge in [0.2, 0.25) is 0 Å². The van der Waals surface area contributed by atoms with Gasteiger partial charge in [-0.15, -0.1) is 0 Å². The summed E-state index contributed by atoms with van der Waals surface area (Å²) >= 11 is 0. The van der Waals surface area contributed by atoms with Gasteiger partial charge in [0.25, 0.3) is 5.91 Å². The van der Waals surface area contributed by atoms with Crippen LogP contribution in [0.3, 0.4) is 0 Å². The van der Waals surface area contributed by atoms with Crippen molar-refractivity contribution in [2.45, 2.75) is 31.2 Å². The molecule has 0 spiro atoms. The highest BCUT2D eigenvalue weighted by Gasteiger charge is 2.34. The van der Waals surface area contributed by atoms with Crippen LogP contribution in [0, 0.1) is 0 Å². The SMILES string of the molecule is O=C(NC1(CO)CCCC1)c1cccnc1. The summed E-state index contributed by atoms with van der Waals surface area (Å²) in [5.74, 6) is -0.149. The molecule has 1 fully saturated rings. The molecular weight excluding hydrogens is 204 g/mol. The van der Waals surface area contributed by atoms with Gasteiger partial charge < -0.3 is 10.4 Å². The number of aromatic nitrogens is 1. The molecule has 1 amide bonds. The lowest BCUT2D eigenvalue weighted by Crippen LogP contribution is -2.49. The van der Waals surface area contributed by atoms with Gasteiger partial charge in [0, 0.05) is 12.4 Å². The Kier molecular flexibility index (Phi) is 3.19. The maximum atomic E-state index is 11.9. The van der Waals surface area contributed by atoms with Gasteiger partial charge in [0.15, 0.2) is 0 Å². The molecule has 1 heterocycles. The van der Waals surface area contributed by atoms with Crippen molar-refractivity contribution in [3.8, 4) is 0 Å². The molecule has 0 radical (unpaired) electrons. The van der Waals surface area contributed by atoms with Gasteiger partial charge in [0.05, 0.1) is 17.7 Å². The topological polar surface area (TPSA) is 62.2 Å². The van der Waals surface area contributed by atoms with Gasteiger partial charge in [0.1, 0.15) is 0 Å². The van der Waals surface area contributed by atoms with E-state index in [1.165, 1.54) is 6.20 Å². The number of amides is 1. The smallest absolute Gasteiger partial charge is 0.253 e. The van der Waals surface area contributed by atoms with Gasteiger partial charge in [-0.05, 0) is 25.0 Å². The largest absolute Gasteiger partial charge is 0.394 e. The lowest BCUT2D eigenvalue weighted by Gasteiger charge is -2.27. The lowest BCUT2D eigenvalue weighted by atomic mass is 9.98. The van der Waals surface area contributed by atoms with E-state index >= 15 is 0 Å². The Morgan fingerprint density at radius 1 is 1.50 bits per heavy atom. The molecule has 4 heteroatoms. The van der Waals surface area contributed by atoms with E-state index in [-0.39, 0.29) is 12.5 Å². The number of hydrogen-bond donors (Lipinski definition) is 2. The molecule has 2 rings (SSSR count). The van der Waals surface area contributed by atoms with Crippen molar-refractivity contribution in [3.05, 3.63) is 30.1 Å². The highest BCUT2D eigenvalue weighted by Crippen LogP contribution is 2.29. The third-order valence-electron chi connectivity index (χ3n) is 3.17. The van der Waals surface area contributed by atoms with E-state index in [0.29, 0.717) is 5.56 Å². The predicted molar refractivity (Wildman–Crippen MR) is 60.0 cm³/mol. The van der Waals surface area contributed by atoms with E-state index in [2.05, 4.69) is 10.3 Å². The molecule has 0 aliphatic heterocycles. The summed E-state index contributed by atoms with van der Waals surface area (Å²) < 4.78 is 0. The molecule has 2 N–H and O–H groups in total. The Morgan fingerprint density at radius 2 is 2.25 bits per heavy atom. The van der Waals surface area contributed by atoms with E-state index < -0.39 is 5.54 Å².